The molecule has 6 nitrogen and oxygen atoms in total. The van der Waals surface area contributed by atoms with Crippen molar-refractivity contribution in [1.82, 2.24) is 10.2 Å². The molecule has 0 spiro atoms. The fraction of sp³-hybridized carbons (Fsp3) is 0.429. The van der Waals surface area contributed by atoms with Crippen LogP contribution in [-0.2, 0) is 11.2 Å². The van der Waals surface area contributed by atoms with Crippen molar-refractivity contribution in [2.75, 3.05) is 27.2 Å². The Balaban J connectivity index is 1.87. The Labute approximate surface area is 203 Å². The van der Waals surface area contributed by atoms with Gasteiger partial charge in [0.05, 0.1) is 6.10 Å². The maximum absolute atomic E-state index is 12.4. The number of rotatable bonds is 12. The molecule has 0 unspecified atom stereocenters. The molecule has 0 fully saturated rings. The van der Waals surface area contributed by atoms with Crippen molar-refractivity contribution in [1.29, 1.82) is 0 Å². The zero-order chi connectivity index (χ0) is 24.9. The van der Waals surface area contributed by atoms with E-state index in [9.17, 15) is 14.7 Å². The van der Waals surface area contributed by atoms with Crippen LogP contribution in [0, 0.1) is 11.8 Å². The minimum Gasteiger partial charge on any atom is -0.391 e. The molecule has 2 aromatic carbocycles. The van der Waals surface area contributed by atoms with Crippen LogP contribution >= 0.6 is 0 Å². The van der Waals surface area contributed by atoms with Crippen LogP contribution in [0.5, 0.6) is 0 Å². The molecular formula is C28H36N2O4. The van der Waals surface area contributed by atoms with Crippen molar-refractivity contribution in [3.05, 3.63) is 70.8 Å². The van der Waals surface area contributed by atoms with E-state index in [-0.39, 0.29) is 0 Å². The number of carbonyl (C=O) groups is 2. The lowest BCUT2D eigenvalue weighted by Gasteiger charge is -2.19. The molecule has 182 valence electrons. The maximum atomic E-state index is 12.4. The van der Waals surface area contributed by atoms with E-state index in [0.29, 0.717) is 5.56 Å². The van der Waals surface area contributed by atoms with Crippen LogP contribution in [0.15, 0.2) is 48.5 Å². The summed E-state index contributed by atoms with van der Waals surface area (Å²) in [5.41, 5.74) is 3.35. The second kappa shape index (κ2) is 14.3. The summed E-state index contributed by atoms with van der Waals surface area (Å²) in [5, 5.41) is 21.1. The Bertz CT molecular complexity index is 970. The molecule has 0 bridgehead atoms. The molecule has 3 N–H and O–H groups in total. The molecule has 0 aromatic heterocycles. The molecule has 0 saturated heterocycles. The molecule has 2 aromatic rings. The summed E-state index contributed by atoms with van der Waals surface area (Å²) in [6.07, 6.45) is 4.95. The van der Waals surface area contributed by atoms with Gasteiger partial charge in [0.25, 0.3) is 5.91 Å². The van der Waals surface area contributed by atoms with Crippen LogP contribution in [0.1, 0.15) is 59.7 Å². The predicted molar refractivity (Wildman–Crippen MR) is 135 cm³/mol. The highest BCUT2D eigenvalue weighted by molar-refractivity contribution is 5.98. The molecule has 2 atom stereocenters. The number of Topliss-reactive ketones (excluding diaryl/α,β-unsaturated/α-hetero) is 1. The average Bonchev–Trinajstić information content (AvgIpc) is 2.83. The normalized spacial score (nSPS) is 12.5. The Morgan fingerprint density at radius 3 is 2.00 bits per heavy atom. The number of benzene rings is 2. The van der Waals surface area contributed by atoms with Crippen molar-refractivity contribution < 1.29 is 19.8 Å². The number of carbonyl (C=O) groups excluding carboxylic acids is 2. The summed E-state index contributed by atoms with van der Waals surface area (Å²) in [4.78, 5) is 26.3. The number of hydrogen-bond acceptors (Lipinski definition) is 5. The van der Waals surface area contributed by atoms with Crippen molar-refractivity contribution in [2.45, 2.75) is 51.2 Å². The highest BCUT2D eigenvalue weighted by Crippen LogP contribution is 2.10. The zero-order valence-corrected chi connectivity index (χ0v) is 20.4. The zero-order valence-electron chi connectivity index (χ0n) is 20.4. The number of nitrogens with zero attached hydrogens (tertiary/aromatic N) is 1. The van der Waals surface area contributed by atoms with Crippen molar-refractivity contribution >= 4 is 11.7 Å². The first-order valence-corrected chi connectivity index (χ1v) is 11.8. The fourth-order valence-corrected chi connectivity index (χ4v) is 3.51. The number of aliphatic hydroxyl groups excluding tert-OH is 2. The van der Waals surface area contributed by atoms with E-state index in [4.69, 9.17) is 5.11 Å². The predicted octanol–water partition coefficient (Wildman–Crippen LogP) is 2.79. The second-order valence-corrected chi connectivity index (χ2v) is 8.81. The molecule has 1 amide bonds. The van der Waals surface area contributed by atoms with Gasteiger partial charge in [0, 0.05) is 16.7 Å². The third kappa shape index (κ3) is 9.48. The van der Waals surface area contributed by atoms with Gasteiger partial charge in [-0.05, 0) is 88.8 Å². The SMILES string of the molecule is C[C@@H](O)[C@H](NC(=O)c1ccc(C#Cc2ccc(CCCCCCN(C)C)cc2)cc1)C(=O)CO. The van der Waals surface area contributed by atoms with Gasteiger partial charge in [-0.3, -0.25) is 9.59 Å². The van der Waals surface area contributed by atoms with E-state index < -0.39 is 30.4 Å². The van der Waals surface area contributed by atoms with Gasteiger partial charge in [-0.25, -0.2) is 0 Å². The standard InChI is InChI=1S/C28H36N2O4/c1-21(32)27(26(33)20-31)29-28(34)25-17-15-24(16-18-25)14-13-23-11-9-22(10-12-23)8-6-4-5-7-19-30(2)3/h9-12,15-18,21,27,31-32H,4-8,19-20H2,1-3H3,(H,29,34)/t21-,27+/m1/s1. The average molecular weight is 465 g/mol. The lowest BCUT2D eigenvalue weighted by molar-refractivity contribution is -0.125. The van der Waals surface area contributed by atoms with Crippen LogP contribution in [0.25, 0.3) is 0 Å². The van der Waals surface area contributed by atoms with E-state index in [1.807, 2.05) is 12.1 Å². The highest BCUT2D eigenvalue weighted by Gasteiger charge is 2.25. The fourth-order valence-electron chi connectivity index (χ4n) is 3.51. The summed E-state index contributed by atoms with van der Waals surface area (Å²) < 4.78 is 0. The summed E-state index contributed by atoms with van der Waals surface area (Å²) >= 11 is 0. The molecule has 0 aliphatic carbocycles. The monoisotopic (exact) mass is 464 g/mol. The second-order valence-electron chi connectivity index (χ2n) is 8.81. The Kier molecular flexibility index (Phi) is 11.5. The lowest BCUT2D eigenvalue weighted by atomic mass is 10.0. The van der Waals surface area contributed by atoms with E-state index in [1.54, 1.807) is 24.3 Å². The molecule has 2 rings (SSSR count). The molecule has 0 saturated carbocycles. The van der Waals surface area contributed by atoms with Crippen molar-refractivity contribution in [2.24, 2.45) is 0 Å². The minimum absolute atomic E-state index is 0.341. The Morgan fingerprint density at radius 1 is 0.912 bits per heavy atom. The van der Waals surface area contributed by atoms with Crippen molar-refractivity contribution in [3.8, 4) is 11.8 Å². The van der Waals surface area contributed by atoms with Crippen LogP contribution in [0.3, 0.4) is 0 Å². The molecule has 6 heteroatoms. The first-order chi connectivity index (χ1) is 16.3. The van der Waals surface area contributed by atoms with E-state index in [1.165, 1.54) is 38.2 Å². The highest BCUT2D eigenvalue weighted by atomic mass is 16.3. The van der Waals surface area contributed by atoms with Gasteiger partial charge in [-0.2, -0.15) is 0 Å². The van der Waals surface area contributed by atoms with Gasteiger partial charge in [-0.15, -0.1) is 0 Å². The van der Waals surface area contributed by atoms with Gasteiger partial charge in [0.2, 0.25) is 0 Å². The van der Waals surface area contributed by atoms with Crippen LogP contribution < -0.4 is 5.32 Å². The van der Waals surface area contributed by atoms with Gasteiger partial charge in [0.15, 0.2) is 5.78 Å². The van der Waals surface area contributed by atoms with Gasteiger partial charge in [-0.1, -0.05) is 36.8 Å². The third-order valence-corrected chi connectivity index (χ3v) is 5.54. The minimum atomic E-state index is -1.15. The van der Waals surface area contributed by atoms with E-state index in [0.717, 1.165) is 24.1 Å². The number of amides is 1. The Morgan fingerprint density at radius 2 is 1.47 bits per heavy atom. The lowest BCUT2D eigenvalue weighted by Crippen LogP contribution is -2.48. The molecule has 0 aliphatic rings. The van der Waals surface area contributed by atoms with Crippen LogP contribution in [-0.4, -0.2) is 66.2 Å². The molecule has 0 aliphatic heterocycles. The largest absolute Gasteiger partial charge is 0.391 e. The van der Waals surface area contributed by atoms with Gasteiger partial charge >= 0.3 is 0 Å². The first-order valence-electron chi connectivity index (χ1n) is 11.8. The molecule has 0 radical (unpaired) electrons. The summed E-state index contributed by atoms with van der Waals surface area (Å²) in [6, 6.07) is 13.9. The number of hydrogen-bond donors (Lipinski definition) is 3. The topological polar surface area (TPSA) is 89.9 Å². The number of ketones is 1. The number of unbranched alkanes of at least 4 members (excludes halogenated alkanes) is 3. The molecule has 34 heavy (non-hydrogen) atoms. The quantitative estimate of drug-likeness (QED) is 0.332. The number of aryl methyl sites for hydroxylation is 1. The summed E-state index contributed by atoms with van der Waals surface area (Å²) in [7, 11) is 4.22. The van der Waals surface area contributed by atoms with Crippen LogP contribution in [0.2, 0.25) is 0 Å². The summed E-state index contributed by atoms with van der Waals surface area (Å²) in [6.45, 7) is 1.79. The maximum Gasteiger partial charge on any atom is 0.251 e. The summed E-state index contributed by atoms with van der Waals surface area (Å²) in [5.74, 6) is 5.09. The molecular weight excluding hydrogens is 428 g/mol. The smallest absolute Gasteiger partial charge is 0.251 e. The van der Waals surface area contributed by atoms with E-state index >= 15 is 0 Å². The Hall–Kier alpha value is -2.98. The van der Waals surface area contributed by atoms with E-state index in [2.05, 4.69) is 48.3 Å². The van der Waals surface area contributed by atoms with Gasteiger partial charge < -0.3 is 20.4 Å². The molecule has 0 heterocycles. The third-order valence-electron chi connectivity index (χ3n) is 5.54. The first kappa shape index (κ1) is 27.3. The van der Waals surface area contributed by atoms with Gasteiger partial charge in [0.1, 0.15) is 12.6 Å². The van der Waals surface area contributed by atoms with Crippen molar-refractivity contribution in [3.63, 3.8) is 0 Å². The number of aliphatic hydroxyl groups is 2. The van der Waals surface area contributed by atoms with Crippen LogP contribution in [0.4, 0.5) is 0 Å². The number of nitrogens with one attached hydrogen (secondary N) is 1.